The van der Waals surface area contributed by atoms with Crippen molar-refractivity contribution in [3.8, 4) is 0 Å². The first kappa shape index (κ1) is 13.8. The Hall–Kier alpha value is -1.59. The number of amides is 1. The van der Waals surface area contributed by atoms with Gasteiger partial charge in [0.05, 0.1) is 12.0 Å². The van der Waals surface area contributed by atoms with Crippen molar-refractivity contribution in [2.75, 3.05) is 11.9 Å². The van der Waals surface area contributed by atoms with E-state index < -0.39 is 0 Å². The average molecular weight is 324 g/mol. The smallest absolute Gasteiger partial charge is 0.279 e. The average Bonchev–Trinajstić information content (AvgIpc) is 2.93. The minimum absolute atomic E-state index is 0.0368. The highest BCUT2D eigenvalue weighted by molar-refractivity contribution is 9.10. The van der Waals surface area contributed by atoms with Gasteiger partial charge >= 0.3 is 0 Å². The van der Waals surface area contributed by atoms with Gasteiger partial charge in [0.25, 0.3) is 5.91 Å². The number of rotatable bonds is 5. The molecule has 1 amide bonds. The third kappa shape index (κ3) is 3.94. The van der Waals surface area contributed by atoms with Gasteiger partial charge in [-0.25, -0.2) is 0 Å². The van der Waals surface area contributed by atoms with Crippen molar-refractivity contribution in [3.63, 3.8) is 0 Å². The first-order valence-electron chi connectivity index (χ1n) is 6.08. The second-order valence-corrected chi connectivity index (χ2v) is 5.13. The van der Waals surface area contributed by atoms with Crippen molar-refractivity contribution in [2.24, 2.45) is 0 Å². The zero-order chi connectivity index (χ0) is 13.7. The molecule has 1 atom stereocenters. The highest BCUT2D eigenvalue weighted by atomic mass is 79.9. The molecule has 1 aromatic heterocycles. The number of benzene rings is 1. The quantitative estimate of drug-likeness (QED) is 0.887. The summed E-state index contributed by atoms with van der Waals surface area (Å²) < 4.78 is 6.17. The van der Waals surface area contributed by atoms with Crippen molar-refractivity contribution in [1.82, 2.24) is 0 Å². The predicted octanol–water partition coefficient (Wildman–Crippen LogP) is 2.31. The van der Waals surface area contributed by atoms with E-state index in [2.05, 4.69) is 21.2 Å². The molecule has 0 aliphatic heterocycles. The molecule has 0 aliphatic rings. The van der Waals surface area contributed by atoms with Gasteiger partial charge in [0.15, 0.2) is 12.3 Å². The van der Waals surface area contributed by atoms with E-state index in [1.165, 1.54) is 0 Å². The highest BCUT2D eigenvalue weighted by Crippen LogP contribution is 2.20. The Bertz CT molecular complexity index is 540. The third-order valence-electron chi connectivity index (χ3n) is 2.80. The molecule has 1 aromatic carbocycles. The molecule has 0 fully saturated rings. The van der Waals surface area contributed by atoms with Crippen LogP contribution in [-0.2, 0) is 4.79 Å². The molecule has 4 nitrogen and oxygen atoms in total. The van der Waals surface area contributed by atoms with Crippen LogP contribution in [0.15, 0.2) is 51.6 Å². The summed E-state index contributed by atoms with van der Waals surface area (Å²) in [4.78, 5) is 11.8. The topological polar surface area (TPSA) is 58.9 Å². The van der Waals surface area contributed by atoms with Gasteiger partial charge in [-0.3, -0.25) is 4.79 Å². The molecule has 5 heteroatoms. The number of nitrogens with one attached hydrogen (secondary N) is 1. The number of quaternary nitrogens is 1. The number of para-hydroxylation sites is 1. The number of hydrogen-bond acceptors (Lipinski definition) is 2. The van der Waals surface area contributed by atoms with Gasteiger partial charge in [-0.05, 0) is 47.1 Å². The van der Waals surface area contributed by atoms with E-state index in [1.54, 1.807) is 6.26 Å². The molecule has 0 spiro atoms. The van der Waals surface area contributed by atoms with Crippen LogP contribution in [0.1, 0.15) is 18.7 Å². The second-order valence-electron chi connectivity index (χ2n) is 4.27. The summed E-state index contributed by atoms with van der Waals surface area (Å²) >= 11 is 3.40. The summed E-state index contributed by atoms with van der Waals surface area (Å²) in [5.74, 6) is 0.832. The number of halogens is 1. The van der Waals surface area contributed by atoms with Gasteiger partial charge < -0.3 is 15.1 Å². The number of anilines is 1. The zero-order valence-electron chi connectivity index (χ0n) is 10.6. The maximum atomic E-state index is 11.8. The number of furan rings is 1. The maximum Gasteiger partial charge on any atom is 0.279 e. The third-order valence-corrected chi connectivity index (χ3v) is 3.49. The molecular weight excluding hydrogens is 308 g/mol. The molecule has 0 unspecified atom stereocenters. The van der Waals surface area contributed by atoms with Crippen LogP contribution in [0.25, 0.3) is 0 Å². The van der Waals surface area contributed by atoms with Crippen LogP contribution in [-0.4, -0.2) is 12.5 Å². The lowest BCUT2D eigenvalue weighted by Gasteiger charge is -2.09. The van der Waals surface area contributed by atoms with Gasteiger partial charge in [-0.2, -0.15) is 0 Å². The van der Waals surface area contributed by atoms with Crippen LogP contribution >= 0.6 is 15.9 Å². The second kappa shape index (κ2) is 6.54. The summed E-state index contributed by atoms with van der Waals surface area (Å²) in [6, 6.07) is 11.4. The molecule has 19 heavy (non-hydrogen) atoms. The predicted molar refractivity (Wildman–Crippen MR) is 76.7 cm³/mol. The lowest BCUT2D eigenvalue weighted by atomic mass is 10.2. The van der Waals surface area contributed by atoms with E-state index in [0.29, 0.717) is 6.54 Å². The van der Waals surface area contributed by atoms with Crippen LogP contribution < -0.4 is 10.6 Å². The fourth-order valence-corrected chi connectivity index (χ4v) is 2.10. The number of carbonyl (C=O) groups is 1. The van der Waals surface area contributed by atoms with Crippen molar-refractivity contribution >= 4 is 27.5 Å². The molecule has 1 heterocycles. The maximum absolute atomic E-state index is 11.8. The standard InChI is InChI=1S/C14H15BrN2O2/c1-10(13-7-4-8-19-13)16-9-14(18)17-12-6-3-2-5-11(12)15/h2-8,10,16H,9H2,1H3,(H,17,18)/p+1/t10-/m0/s1. The molecule has 100 valence electrons. The first-order valence-corrected chi connectivity index (χ1v) is 6.87. The van der Waals surface area contributed by atoms with E-state index in [-0.39, 0.29) is 11.9 Å². The van der Waals surface area contributed by atoms with Crippen LogP contribution in [0.3, 0.4) is 0 Å². The molecular formula is C14H16BrN2O2+. The summed E-state index contributed by atoms with van der Waals surface area (Å²) in [6.07, 6.45) is 1.64. The SMILES string of the molecule is C[C@H]([NH2+]CC(=O)Nc1ccccc1Br)c1ccco1. The molecule has 0 aliphatic carbocycles. The Morgan fingerprint density at radius 3 is 2.84 bits per heavy atom. The van der Waals surface area contributed by atoms with E-state index in [9.17, 15) is 4.79 Å². The first-order chi connectivity index (χ1) is 9.16. The Morgan fingerprint density at radius 1 is 1.37 bits per heavy atom. The Labute approximate surface area is 120 Å². The molecule has 0 bridgehead atoms. The number of hydrogen-bond donors (Lipinski definition) is 2. The largest absolute Gasteiger partial charge is 0.463 e. The summed E-state index contributed by atoms with van der Waals surface area (Å²) in [7, 11) is 0. The van der Waals surface area contributed by atoms with Crippen LogP contribution in [0.2, 0.25) is 0 Å². The Balaban J connectivity index is 1.84. The van der Waals surface area contributed by atoms with Crippen molar-refractivity contribution in [2.45, 2.75) is 13.0 Å². The molecule has 0 saturated heterocycles. The van der Waals surface area contributed by atoms with Crippen molar-refractivity contribution in [3.05, 3.63) is 52.9 Å². The minimum Gasteiger partial charge on any atom is -0.463 e. The molecule has 0 radical (unpaired) electrons. The molecule has 3 N–H and O–H groups in total. The minimum atomic E-state index is -0.0368. The van der Waals surface area contributed by atoms with E-state index >= 15 is 0 Å². The van der Waals surface area contributed by atoms with Gasteiger partial charge in [-0.1, -0.05) is 12.1 Å². The fourth-order valence-electron chi connectivity index (χ4n) is 1.71. The lowest BCUT2D eigenvalue weighted by Crippen LogP contribution is -2.86. The van der Waals surface area contributed by atoms with E-state index in [1.807, 2.05) is 48.6 Å². The molecule has 2 rings (SSSR count). The van der Waals surface area contributed by atoms with Gasteiger partial charge in [0.1, 0.15) is 6.04 Å². The van der Waals surface area contributed by atoms with E-state index in [4.69, 9.17) is 4.42 Å². The Kier molecular flexibility index (Phi) is 4.76. The number of carbonyl (C=O) groups excluding carboxylic acids is 1. The van der Waals surface area contributed by atoms with Crippen molar-refractivity contribution < 1.29 is 14.5 Å². The summed E-state index contributed by atoms with van der Waals surface area (Å²) in [5.41, 5.74) is 0.784. The zero-order valence-corrected chi connectivity index (χ0v) is 12.2. The normalized spacial score (nSPS) is 12.1. The monoisotopic (exact) mass is 323 g/mol. The highest BCUT2D eigenvalue weighted by Gasteiger charge is 2.14. The van der Waals surface area contributed by atoms with Gasteiger partial charge in [-0.15, -0.1) is 0 Å². The molecule has 2 aromatic rings. The fraction of sp³-hybridized carbons (Fsp3) is 0.214. The van der Waals surface area contributed by atoms with Gasteiger partial charge in [0.2, 0.25) is 0 Å². The lowest BCUT2D eigenvalue weighted by molar-refractivity contribution is -0.684. The summed E-state index contributed by atoms with van der Waals surface area (Å²) in [6.45, 7) is 2.35. The van der Waals surface area contributed by atoms with Crippen LogP contribution in [0.4, 0.5) is 5.69 Å². The van der Waals surface area contributed by atoms with E-state index in [0.717, 1.165) is 15.9 Å². The van der Waals surface area contributed by atoms with Crippen LogP contribution in [0, 0.1) is 0 Å². The van der Waals surface area contributed by atoms with Crippen molar-refractivity contribution in [1.29, 1.82) is 0 Å². The van der Waals surface area contributed by atoms with Gasteiger partial charge in [0, 0.05) is 4.47 Å². The van der Waals surface area contributed by atoms with Crippen LogP contribution in [0.5, 0.6) is 0 Å². The Morgan fingerprint density at radius 2 is 2.16 bits per heavy atom. The molecule has 0 saturated carbocycles. The summed E-state index contributed by atoms with van der Waals surface area (Å²) in [5, 5.41) is 4.80. The number of nitrogens with two attached hydrogens (primary N) is 1.